The van der Waals surface area contributed by atoms with E-state index in [-0.39, 0.29) is 6.42 Å². The summed E-state index contributed by atoms with van der Waals surface area (Å²) in [6.07, 6.45) is 14.6. The van der Waals surface area contributed by atoms with Crippen LogP contribution in [-0.4, -0.2) is 49.0 Å². The van der Waals surface area contributed by atoms with Crippen LogP contribution in [-0.2, 0) is 27.9 Å². The number of aliphatic hydroxyl groups excluding tert-OH is 1. The summed E-state index contributed by atoms with van der Waals surface area (Å²) in [6, 6.07) is -1.38. The Morgan fingerprint density at radius 2 is 1.30 bits per heavy atom. The summed E-state index contributed by atoms with van der Waals surface area (Å²) >= 11 is 0. The van der Waals surface area contributed by atoms with Gasteiger partial charge in [0.2, 0.25) is 0 Å². The number of quaternary nitrogens is 1. The highest BCUT2D eigenvalue weighted by molar-refractivity contribution is 7.45. The molecule has 4 N–H and O–H groups in total. The van der Waals surface area contributed by atoms with Crippen molar-refractivity contribution in [1.29, 1.82) is 0 Å². The molecule has 0 saturated carbocycles. The monoisotopic (exact) mass is 496 g/mol. The highest BCUT2D eigenvalue weighted by atomic mass is 31.2. The molecule has 0 aliphatic heterocycles. The van der Waals surface area contributed by atoms with Crippen molar-refractivity contribution in [2.24, 2.45) is 0 Å². The molecule has 1 unspecified atom stereocenters. The van der Waals surface area contributed by atoms with E-state index < -0.39 is 51.7 Å². The number of hydrogen-bond acceptors (Lipinski definition) is 9. The summed E-state index contributed by atoms with van der Waals surface area (Å²) in [7, 11) is -4.81. The second-order valence-corrected chi connectivity index (χ2v) is 9.80. The van der Waals surface area contributed by atoms with Crippen LogP contribution in [0.5, 0.6) is 0 Å². The van der Waals surface area contributed by atoms with Crippen LogP contribution in [0.25, 0.3) is 0 Å². The molecule has 0 aromatic carbocycles. The van der Waals surface area contributed by atoms with Crippen molar-refractivity contribution in [2.75, 3.05) is 19.8 Å². The number of hydrogen-bond donors (Lipinski definition) is 2. The summed E-state index contributed by atoms with van der Waals surface area (Å²) in [5.41, 5.74) is 3.14. The molecule has 0 aromatic rings. The van der Waals surface area contributed by atoms with E-state index in [0.29, 0.717) is 6.42 Å². The van der Waals surface area contributed by atoms with E-state index in [1.807, 2.05) is 0 Å². The van der Waals surface area contributed by atoms with Crippen molar-refractivity contribution >= 4 is 19.8 Å². The van der Waals surface area contributed by atoms with Crippen molar-refractivity contribution in [3.63, 3.8) is 0 Å². The molecule has 33 heavy (non-hydrogen) atoms. The van der Waals surface area contributed by atoms with E-state index in [2.05, 4.69) is 21.7 Å². The number of carbonyl (C=O) groups is 2. The van der Waals surface area contributed by atoms with Gasteiger partial charge in [0.15, 0.2) is 0 Å². The summed E-state index contributed by atoms with van der Waals surface area (Å²) < 4.78 is 25.1. The first-order chi connectivity index (χ1) is 15.7. The van der Waals surface area contributed by atoms with Gasteiger partial charge in [-0.1, -0.05) is 84.0 Å². The first-order valence-electron chi connectivity index (χ1n) is 12.2. The van der Waals surface area contributed by atoms with Gasteiger partial charge in [-0.2, -0.15) is 0 Å². The Bertz CT molecular complexity index is 562. The number of rotatable bonds is 23. The molecule has 0 aromatic heterocycles. The predicted molar refractivity (Wildman–Crippen MR) is 118 cm³/mol. The maximum Gasteiger partial charge on any atom is 0.305 e. The number of carboxylic acid groups (broad SMARTS) is 1. The lowest BCUT2D eigenvalue weighted by Gasteiger charge is -2.24. The fourth-order valence-electron chi connectivity index (χ4n) is 3.06. The third-order valence-electron chi connectivity index (χ3n) is 5.11. The van der Waals surface area contributed by atoms with Crippen LogP contribution in [0.2, 0.25) is 0 Å². The van der Waals surface area contributed by atoms with E-state index in [1.54, 1.807) is 0 Å². The Kier molecular flexibility index (Phi) is 19.7. The molecule has 0 radical (unpaired) electrons. The van der Waals surface area contributed by atoms with Crippen LogP contribution in [0.4, 0.5) is 0 Å². The van der Waals surface area contributed by atoms with Gasteiger partial charge in [0, 0.05) is 6.42 Å². The van der Waals surface area contributed by atoms with Crippen molar-refractivity contribution in [3.05, 3.63) is 0 Å². The van der Waals surface area contributed by atoms with Crippen LogP contribution in [0.1, 0.15) is 96.8 Å². The van der Waals surface area contributed by atoms with Crippen LogP contribution >= 0.6 is 7.82 Å². The molecule has 196 valence electrons. The number of ether oxygens (including phenoxy) is 1. The Morgan fingerprint density at radius 1 is 0.848 bits per heavy atom. The normalized spacial score (nSPS) is 15.0. The quantitative estimate of drug-likeness (QED) is 0.120. The highest BCUT2D eigenvalue weighted by Crippen LogP contribution is 2.38. The lowest BCUT2D eigenvalue weighted by molar-refractivity contribution is -0.441. The number of aliphatic hydroxyl groups is 1. The van der Waals surface area contributed by atoms with Crippen molar-refractivity contribution in [2.45, 2.75) is 109 Å². The maximum atomic E-state index is 11.7. The van der Waals surface area contributed by atoms with Gasteiger partial charge in [0.1, 0.15) is 31.3 Å². The molecule has 11 heteroatoms. The number of phosphoric acid groups is 1. The third-order valence-corrected chi connectivity index (χ3v) is 6.04. The molecule has 0 rings (SSSR count). The second-order valence-electron chi connectivity index (χ2n) is 8.38. The first-order valence-corrected chi connectivity index (χ1v) is 13.6. The van der Waals surface area contributed by atoms with Crippen molar-refractivity contribution in [1.82, 2.24) is 0 Å². The van der Waals surface area contributed by atoms with Gasteiger partial charge in [-0.3, -0.25) is 9.36 Å². The molecule has 0 aliphatic rings. The van der Waals surface area contributed by atoms with E-state index in [9.17, 15) is 29.3 Å². The lowest BCUT2D eigenvalue weighted by atomic mass is 10.0. The zero-order valence-corrected chi connectivity index (χ0v) is 20.9. The van der Waals surface area contributed by atoms with Crippen molar-refractivity contribution in [3.8, 4) is 0 Å². The molecule has 0 aliphatic carbocycles. The summed E-state index contributed by atoms with van der Waals surface area (Å²) in [5.74, 6) is -2.03. The molecule has 0 spiro atoms. The second kappa shape index (κ2) is 20.4. The number of unbranched alkanes of at least 4 members (excludes halogenated alkanes) is 12. The molecule has 0 heterocycles. The van der Waals surface area contributed by atoms with Gasteiger partial charge in [-0.15, -0.1) is 0 Å². The van der Waals surface area contributed by atoms with Gasteiger partial charge in [-0.05, 0) is 6.42 Å². The number of carboxylic acids is 1. The Balaban J connectivity index is 3.60. The smallest absolute Gasteiger partial charge is 0.305 e. The molecule has 3 atom stereocenters. The lowest BCUT2D eigenvalue weighted by Crippen LogP contribution is -2.70. The molecule has 0 bridgehead atoms. The van der Waals surface area contributed by atoms with Gasteiger partial charge in [0.05, 0.1) is 6.61 Å². The maximum absolute atomic E-state index is 11.7. The molecular formula is C22H43NO9P-. The summed E-state index contributed by atoms with van der Waals surface area (Å²) in [5, 5.41) is 20.1. The van der Waals surface area contributed by atoms with Crippen LogP contribution in [0.3, 0.4) is 0 Å². The van der Waals surface area contributed by atoms with E-state index in [0.717, 1.165) is 19.3 Å². The predicted octanol–water partition coefficient (Wildman–Crippen LogP) is 1.23. The number of esters is 1. The standard InChI is InChI=1S/C22H44NO9P/c1-2-3-4-5-6-7-8-9-10-11-12-13-14-15-21(25)30-16-19(24)17-31-33(28,29)32-18-20(23)22(26)27/h19-20,24H,2-18,23H2,1H3,(H,26,27)(H,28,29)/p-1/t19-,20+/m1/s1. The fraction of sp³-hybridized carbons (Fsp3) is 0.909. The van der Waals surface area contributed by atoms with Gasteiger partial charge >= 0.3 is 5.97 Å². The molecule has 0 saturated heterocycles. The van der Waals surface area contributed by atoms with Gasteiger partial charge < -0.3 is 39.4 Å². The Morgan fingerprint density at radius 3 is 1.79 bits per heavy atom. The molecule has 0 fully saturated rings. The van der Waals surface area contributed by atoms with E-state index >= 15 is 0 Å². The minimum absolute atomic E-state index is 0.239. The minimum Gasteiger partial charge on any atom is -0.756 e. The van der Waals surface area contributed by atoms with Crippen molar-refractivity contribution < 1.29 is 48.8 Å². The van der Waals surface area contributed by atoms with E-state index in [4.69, 9.17) is 4.74 Å². The minimum atomic E-state index is -4.81. The zero-order valence-electron chi connectivity index (χ0n) is 20.0. The third kappa shape index (κ3) is 21.3. The van der Waals surface area contributed by atoms with Crippen LogP contribution < -0.4 is 15.7 Å². The van der Waals surface area contributed by atoms with Crippen LogP contribution in [0, 0.1) is 0 Å². The van der Waals surface area contributed by atoms with Gasteiger partial charge in [-0.25, -0.2) is 0 Å². The van der Waals surface area contributed by atoms with Gasteiger partial charge in [0.25, 0.3) is 7.82 Å². The highest BCUT2D eigenvalue weighted by Gasteiger charge is 2.18. The Labute approximate surface area is 197 Å². The average Bonchev–Trinajstić information content (AvgIpc) is 2.77. The number of phosphoric ester groups is 1. The molecule has 10 nitrogen and oxygen atoms in total. The first kappa shape index (κ1) is 32.0. The number of carbonyl (C=O) groups excluding carboxylic acids is 2. The fourth-order valence-corrected chi connectivity index (χ4v) is 3.85. The SMILES string of the molecule is CCCCCCCCCCCCCCCC(=O)OC[C@@H](O)COP(=O)([O-])OC[C@H]([NH3+])C(=O)[O-]. The van der Waals surface area contributed by atoms with E-state index in [1.165, 1.54) is 57.8 Å². The zero-order chi connectivity index (χ0) is 25.0. The molecular weight excluding hydrogens is 453 g/mol. The summed E-state index contributed by atoms with van der Waals surface area (Å²) in [4.78, 5) is 33.6. The Hall–Kier alpha value is -1.03. The largest absolute Gasteiger partial charge is 0.756 e. The summed E-state index contributed by atoms with van der Waals surface area (Å²) in [6.45, 7) is 0.396. The average molecular weight is 497 g/mol. The number of aliphatic carboxylic acids is 1. The molecule has 0 amide bonds. The topological polar surface area (TPSA) is 173 Å². The van der Waals surface area contributed by atoms with Crippen LogP contribution in [0.15, 0.2) is 0 Å².